The molecule has 0 spiro atoms. The Morgan fingerprint density at radius 3 is 2.38 bits per heavy atom. The Labute approximate surface area is 149 Å². The summed E-state index contributed by atoms with van der Waals surface area (Å²) in [5.74, 6) is -0.185. The van der Waals surface area contributed by atoms with Gasteiger partial charge in [-0.3, -0.25) is 19.7 Å². The number of benzene rings is 1. The number of carbonyl (C=O) groups excluding carboxylic acids is 2. The Bertz CT molecular complexity index is 789. The molecule has 136 valence electrons. The third-order valence-electron chi connectivity index (χ3n) is 3.28. The van der Waals surface area contributed by atoms with Crippen molar-refractivity contribution in [1.29, 1.82) is 0 Å². The second-order valence-electron chi connectivity index (χ2n) is 5.12. The molecular formula is C17H17N3O6. The molecule has 0 saturated heterocycles. The topological polar surface area (TPSA) is 112 Å². The monoisotopic (exact) mass is 359 g/mol. The molecule has 1 amide bonds. The lowest BCUT2D eigenvalue weighted by molar-refractivity contribution is -0.385. The number of amides is 1. The normalized spacial score (nSPS) is 10.1. The van der Waals surface area contributed by atoms with Crippen LogP contribution >= 0.6 is 0 Å². The van der Waals surface area contributed by atoms with Crippen molar-refractivity contribution in [2.75, 3.05) is 18.1 Å². The van der Waals surface area contributed by atoms with E-state index in [1.165, 1.54) is 24.0 Å². The average molecular weight is 359 g/mol. The quantitative estimate of drug-likeness (QED) is 0.424. The molecule has 1 heterocycles. The smallest absolute Gasteiger partial charge is 0.326 e. The molecule has 0 saturated carbocycles. The molecule has 2 rings (SSSR count). The largest absolute Gasteiger partial charge is 0.465 e. The van der Waals surface area contributed by atoms with Crippen molar-refractivity contribution < 1.29 is 24.0 Å². The van der Waals surface area contributed by atoms with Gasteiger partial charge in [0.15, 0.2) is 0 Å². The number of ether oxygens (including phenoxy) is 2. The number of pyridine rings is 1. The van der Waals surface area contributed by atoms with E-state index < -0.39 is 10.9 Å². The number of carbonyl (C=O) groups is 2. The summed E-state index contributed by atoms with van der Waals surface area (Å²) in [6, 6.07) is 9.09. The van der Waals surface area contributed by atoms with Gasteiger partial charge in [0.2, 0.25) is 11.8 Å². The molecule has 0 unspecified atom stereocenters. The van der Waals surface area contributed by atoms with Crippen LogP contribution in [0.5, 0.6) is 11.6 Å². The van der Waals surface area contributed by atoms with E-state index in [4.69, 9.17) is 9.47 Å². The van der Waals surface area contributed by atoms with Crippen LogP contribution in [0.2, 0.25) is 0 Å². The van der Waals surface area contributed by atoms with Crippen LogP contribution in [0.15, 0.2) is 42.6 Å². The van der Waals surface area contributed by atoms with Gasteiger partial charge in [0.25, 0.3) is 5.69 Å². The van der Waals surface area contributed by atoms with Gasteiger partial charge < -0.3 is 14.4 Å². The van der Waals surface area contributed by atoms with Gasteiger partial charge in [0.05, 0.1) is 11.5 Å². The summed E-state index contributed by atoms with van der Waals surface area (Å²) in [6.45, 7) is 3.09. The summed E-state index contributed by atoms with van der Waals surface area (Å²) in [5, 5.41) is 10.6. The summed E-state index contributed by atoms with van der Waals surface area (Å²) < 4.78 is 10.4. The minimum Gasteiger partial charge on any atom is -0.465 e. The van der Waals surface area contributed by atoms with Crippen molar-refractivity contribution in [1.82, 2.24) is 4.98 Å². The maximum Gasteiger partial charge on any atom is 0.326 e. The number of nitro groups is 1. The van der Waals surface area contributed by atoms with Crippen LogP contribution in [0.4, 0.5) is 11.4 Å². The fourth-order valence-corrected chi connectivity index (χ4v) is 2.08. The lowest BCUT2D eigenvalue weighted by Crippen LogP contribution is -2.34. The Hall–Kier alpha value is -3.49. The number of hydrogen-bond donors (Lipinski definition) is 0. The molecule has 0 N–H and O–H groups in total. The first-order valence-electron chi connectivity index (χ1n) is 7.72. The fraction of sp³-hybridized carbons (Fsp3) is 0.235. The molecule has 0 radical (unpaired) electrons. The maximum atomic E-state index is 11.8. The van der Waals surface area contributed by atoms with Crippen molar-refractivity contribution in [2.45, 2.75) is 13.8 Å². The minimum atomic E-state index is -0.550. The number of anilines is 1. The molecule has 0 fully saturated rings. The van der Waals surface area contributed by atoms with Crippen LogP contribution in [0, 0.1) is 10.1 Å². The molecule has 0 atom stereocenters. The van der Waals surface area contributed by atoms with E-state index in [1.807, 2.05) is 0 Å². The third-order valence-corrected chi connectivity index (χ3v) is 3.28. The first-order valence-corrected chi connectivity index (χ1v) is 7.72. The second-order valence-corrected chi connectivity index (χ2v) is 5.12. The zero-order chi connectivity index (χ0) is 19.1. The van der Waals surface area contributed by atoms with Crippen molar-refractivity contribution >= 4 is 23.3 Å². The van der Waals surface area contributed by atoms with Crippen LogP contribution in [-0.4, -0.2) is 34.9 Å². The molecule has 2 aromatic rings. The van der Waals surface area contributed by atoms with E-state index >= 15 is 0 Å². The summed E-state index contributed by atoms with van der Waals surface area (Å²) in [6.07, 6.45) is 1.10. The zero-order valence-electron chi connectivity index (χ0n) is 14.2. The van der Waals surface area contributed by atoms with Crippen LogP contribution < -0.4 is 9.64 Å². The Kier molecular flexibility index (Phi) is 6.20. The second kappa shape index (κ2) is 8.56. The van der Waals surface area contributed by atoms with Gasteiger partial charge in [-0.15, -0.1) is 0 Å². The van der Waals surface area contributed by atoms with Gasteiger partial charge >= 0.3 is 5.97 Å². The SMILES string of the molecule is CCOC(=O)CN(C(C)=O)c1ccc(Oc2ccc([N+](=O)[O-])cn2)cc1. The summed E-state index contributed by atoms with van der Waals surface area (Å²) in [4.78, 5) is 38.6. The maximum absolute atomic E-state index is 11.8. The first-order chi connectivity index (χ1) is 12.4. The van der Waals surface area contributed by atoms with Crippen molar-refractivity contribution in [3.63, 3.8) is 0 Å². The molecule has 0 aliphatic heterocycles. The standard InChI is InChI=1S/C17H17N3O6/c1-3-25-17(22)11-19(12(2)21)13-4-7-15(8-5-13)26-16-9-6-14(10-18-16)20(23)24/h4-10H,3,11H2,1-2H3. The molecule has 9 nitrogen and oxygen atoms in total. The van der Waals surface area contributed by atoms with Crippen LogP contribution in [0.25, 0.3) is 0 Å². The van der Waals surface area contributed by atoms with Gasteiger partial charge in [-0.25, -0.2) is 4.98 Å². The van der Waals surface area contributed by atoms with Crippen LogP contribution in [0.3, 0.4) is 0 Å². The zero-order valence-corrected chi connectivity index (χ0v) is 14.2. The highest BCUT2D eigenvalue weighted by molar-refractivity contribution is 5.96. The first kappa shape index (κ1) is 18.8. The molecule has 0 bridgehead atoms. The van der Waals surface area contributed by atoms with Crippen LogP contribution in [0.1, 0.15) is 13.8 Å². The molecular weight excluding hydrogens is 342 g/mol. The van der Waals surface area contributed by atoms with E-state index in [0.29, 0.717) is 11.4 Å². The lowest BCUT2D eigenvalue weighted by atomic mass is 10.2. The Balaban J connectivity index is 2.09. The van der Waals surface area contributed by atoms with Gasteiger partial charge in [-0.1, -0.05) is 0 Å². The van der Waals surface area contributed by atoms with E-state index in [-0.39, 0.29) is 30.6 Å². The van der Waals surface area contributed by atoms with E-state index in [9.17, 15) is 19.7 Å². The van der Waals surface area contributed by atoms with Crippen LogP contribution in [-0.2, 0) is 14.3 Å². The summed E-state index contributed by atoms with van der Waals surface area (Å²) >= 11 is 0. The highest BCUT2D eigenvalue weighted by Crippen LogP contribution is 2.24. The van der Waals surface area contributed by atoms with E-state index in [2.05, 4.69) is 4.98 Å². The molecule has 26 heavy (non-hydrogen) atoms. The van der Waals surface area contributed by atoms with E-state index in [1.54, 1.807) is 31.2 Å². The van der Waals surface area contributed by atoms with Gasteiger partial charge in [-0.05, 0) is 31.2 Å². The predicted molar refractivity (Wildman–Crippen MR) is 92.1 cm³/mol. The number of esters is 1. The predicted octanol–water partition coefficient (Wildman–Crippen LogP) is 2.70. The summed E-state index contributed by atoms with van der Waals surface area (Å²) in [7, 11) is 0. The fourth-order valence-electron chi connectivity index (χ4n) is 2.08. The Morgan fingerprint density at radius 2 is 1.88 bits per heavy atom. The average Bonchev–Trinajstić information content (AvgIpc) is 2.61. The van der Waals surface area contributed by atoms with E-state index in [0.717, 1.165) is 6.20 Å². The van der Waals surface area contributed by atoms with Gasteiger partial charge in [0, 0.05) is 24.7 Å². The third kappa shape index (κ3) is 5.00. The van der Waals surface area contributed by atoms with Crippen molar-refractivity contribution in [3.05, 3.63) is 52.7 Å². The summed E-state index contributed by atoms with van der Waals surface area (Å²) in [5.41, 5.74) is 0.373. The molecule has 0 aliphatic rings. The number of hydrogen-bond acceptors (Lipinski definition) is 7. The highest BCUT2D eigenvalue weighted by Gasteiger charge is 2.16. The number of aromatic nitrogens is 1. The molecule has 9 heteroatoms. The van der Waals surface area contributed by atoms with Crippen molar-refractivity contribution in [3.8, 4) is 11.6 Å². The highest BCUT2D eigenvalue weighted by atomic mass is 16.6. The van der Waals surface area contributed by atoms with Crippen molar-refractivity contribution in [2.24, 2.45) is 0 Å². The minimum absolute atomic E-state index is 0.135. The Morgan fingerprint density at radius 1 is 1.19 bits per heavy atom. The van der Waals surface area contributed by atoms with Gasteiger partial charge in [0.1, 0.15) is 18.5 Å². The number of rotatable bonds is 7. The molecule has 1 aromatic carbocycles. The molecule has 0 aliphatic carbocycles. The van der Waals surface area contributed by atoms with Gasteiger partial charge in [-0.2, -0.15) is 0 Å². The lowest BCUT2D eigenvalue weighted by Gasteiger charge is -2.20. The molecule has 1 aromatic heterocycles. The number of nitrogens with zero attached hydrogens (tertiary/aromatic N) is 3.